The molecule has 0 amide bonds. The normalized spacial score (nSPS) is 10.6. The standard InChI is InChI=1S/C18H15NO5/c1-10-7-14(22-3)9-15-16(10)19-17(24-18(15)21)12-5-4-6-13(8-12)23-11(2)20/h4-9H,1-3H3. The SMILES string of the molecule is COc1cc(C)c2nc(-c3cccc(OC(C)=O)c3)oc(=O)c2c1. The molecule has 0 aliphatic rings. The topological polar surface area (TPSA) is 78.6 Å². The van der Waals surface area contributed by atoms with Crippen LogP contribution in [0, 0.1) is 6.92 Å². The maximum Gasteiger partial charge on any atom is 0.347 e. The van der Waals surface area contributed by atoms with Gasteiger partial charge in [-0.2, -0.15) is 0 Å². The maximum atomic E-state index is 12.3. The van der Waals surface area contributed by atoms with E-state index >= 15 is 0 Å². The van der Waals surface area contributed by atoms with Crippen molar-refractivity contribution in [3.05, 3.63) is 52.4 Å². The number of rotatable bonds is 3. The van der Waals surface area contributed by atoms with Crippen LogP contribution in [-0.4, -0.2) is 18.1 Å². The predicted octanol–water partition coefficient (Wildman–Crippen LogP) is 3.10. The molecule has 24 heavy (non-hydrogen) atoms. The predicted molar refractivity (Wildman–Crippen MR) is 88.3 cm³/mol. The van der Waals surface area contributed by atoms with Crippen LogP contribution >= 0.6 is 0 Å². The molecule has 0 aliphatic carbocycles. The minimum Gasteiger partial charge on any atom is -0.497 e. The van der Waals surface area contributed by atoms with Gasteiger partial charge in [-0.1, -0.05) is 6.07 Å². The van der Waals surface area contributed by atoms with Gasteiger partial charge in [0.05, 0.1) is 18.0 Å². The number of methoxy groups -OCH3 is 1. The number of carbonyl (C=O) groups is 1. The number of carbonyl (C=O) groups excluding carboxylic acids is 1. The Bertz CT molecular complexity index is 990. The Labute approximate surface area is 137 Å². The number of fused-ring (bicyclic) bond motifs is 1. The van der Waals surface area contributed by atoms with E-state index in [0.717, 1.165) is 5.56 Å². The van der Waals surface area contributed by atoms with Gasteiger partial charge in [-0.15, -0.1) is 0 Å². The molecule has 0 atom stereocenters. The molecule has 1 heterocycles. The molecule has 2 aromatic carbocycles. The summed E-state index contributed by atoms with van der Waals surface area (Å²) in [5, 5.41) is 0.353. The smallest absolute Gasteiger partial charge is 0.347 e. The summed E-state index contributed by atoms with van der Waals surface area (Å²) >= 11 is 0. The van der Waals surface area contributed by atoms with Crippen LogP contribution in [-0.2, 0) is 4.79 Å². The van der Waals surface area contributed by atoms with E-state index in [1.807, 2.05) is 6.92 Å². The number of benzene rings is 2. The molecule has 6 heteroatoms. The van der Waals surface area contributed by atoms with Gasteiger partial charge in [0.2, 0.25) is 5.89 Å². The van der Waals surface area contributed by atoms with Gasteiger partial charge in [0.1, 0.15) is 11.5 Å². The van der Waals surface area contributed by atoms with Crippen LogP contribution in [0.25, 0.3) is 22.4 Å². The van der Waals surface area contributed by atoms with Crippen LogP contribution < -0.4 is 15.1 Å². The second-order valence-corrected chi connectivity index (χ2v) is 5.27. The number of ether oxygens (including phenoxy) is 2. The second-order valence-electron chi connectivity index (χ2n) is 5.27. The average molecular weight is 325 g/mol. The van der Waals surface area contributed by atoms with Crippen LogP contribution in [0.2, 0.25) is 0 Å². The van der Waals surface area contributed by atoms with Crippen LogP contribution in [0.15, 0.2) is 45.6 Å². The summed E-state index contributed by atoms with van der Waals surface area (Å²) in [6, 6.07) is 10.1. The number of hydrogen-bond acceptors (Lipinski definition) is 6. The molecule has 0 saturated carbocycles. The fourth-order valence-electron chi connectivity index (χ4n) is 2.42. The third kappa shape index (κ3) is 2.99. The van der Waals surface area contributed by atoms with E-state index in [9.17, 15) is 9.59 Å². The van der Waals surface area contributed by atoms with Gasteiger partial charge in [0.15, 0.2) is 0 Å². The Morgan fingerprint density at radius 2 is 1.96 bits per heavy atom. The molecule has 0 fully saturated rings. The number of hydrogen-bond donors (Lipinski definition) is 0. The zero-order valence-electron chi connectivity index (χ0n) is 13.5. The van der Waals surface area contributed by atoms with Crippen molar-refractivity contribution in [2.24, 2.45) is 0 Å². The Morgan fingerprint density at radius 1 is 1.17 bits per heavy atom. The summed E-state index contributed by atoms with van der Waals surface area (Å²) in [5.41, 5.74) is 1.38. The van der Waals surface area contributed by atoms with Crippen molar-refractivity contribution in [1.82, 2.24) is 4.98 Å². The highest BCUT2D eigenvalue weighted by atomic mass is 16.5. The minimum atomic E-state index is -0.505. The molecule has 0 unspecified atom stereocenters. The van der Waals surface area contributed by atoms with E-state index in [4.69, 9.17) is 13.9 Å². The van der Waals surface area contributed by atoms with E-state index in [1.54, 1.807) is 36.4 Å². The van der Waals surface area contributed by atoms with E-state index in [-0.39, 0.29) is 5.89 Å². The number of nitrogens with zero attached hydrogens (tertiary/aromatic N) is 1. The lowest BCUT2D eigenvalue weighted by Gasteiger charge is -2.07. The Morgan fingerprint density at radius 3 is 2.67 bits per heavy atom. The summed E-state index contributed by atoms with van der Waals surface area (Å²) in [7, 11) is 1.53. The van der Waals surface area contributed by atoms with Crippen molar-refractivity contribution in [1.29, 1.82) is 0 Å². The fraction of sp³-hybridized carbons (Fsp3) is 0.167. The van der Waals surface area contributed by atoms with Gasteiger partial charge in [-0.05, 0) is 42.8 Å². The molecule has 3 aromatic rings. The molecule has 0 aliphatic heterocycles. The lowest BCUT2D eigenvalue weighted by atomic mass is 10.1. The first-order chi connectivity index (χ1) is 11.5. The van der Waals surface area contributed by atoms with Gasteiger partial charge in [0, 0.05) is 12.5 Å². The summed E-state index contributed by atoms with van der Waals surface area (Å²) in [5.74, 6) is 0.660. The summed E-state index contributed by atoms with van der Waals surface area (Å²) in [6.45, 7) is 3.16. The Balaban J connectivity index is 2.16. The molecule has 122 valence electrons. The third-order valence-corrected chi connectivity index (χ3v) is 3.47. The van der Waals surface area contributed by atoms with E-state index in [2.05, 4.69) is 4.98 Å². The van der Waals surface area contributed by atoms with Crippen LogP contribution in [0.5, 0.6) is 11.5 Å². The molecular formula is C18H15NO5. The van der Waals surface area contributed by atoms with Gasteiger partial charge in [-0.3, -0.25) is 4.79 Å². The van der Waals surface area contributed by atoms with E-state index < -0.39 is 11.6 Å². The van der Waals surface area contributed by atoms with E-state index in [1.165, 1.54) is 14.0 Å². The van der Waals surface area contributed by atoms with Crippen LogP contribution in [0.1, 0.15) is 12.5 Å². The first-order valence-corrected chi connectivity index (χ1v) is 7.26. The first kappa shape index (κ1) is 15.7. The largest absolute Gasteiger partial charge is 0.497 e. The van der Waals surface area contributed by atoms with Crippen molar-refractivity contribution in [3.8, 4) is 23.0 Å². The summed E-state index contributed by atoms with van der Waals surface area (Å²) in [6.07, 6.45) is 0. The highest BCUT2D eigenvalue weighted by molar-refractivity contribution is 5.83. The Hall–Kier alpha value is -3.15. The number of esters is 1. The zero-order valence-corrected chi connectivity index (χ0v) is 13.5. The Kier molecular flexibility index (Phi) is 4.04. The van der Waals surface area contributed by atoms with E-state index in [0.29, 0.717) is 28.0 Å². The van der Waals surface area contributed by atoms with Gasteiger partial charge >= 0.3 is 11.6 Å². The zero-order chi connectivity index (χ0) is 17.3. The molecule has 0 bridgehead atoms. The molecule has 0 radical (unpaired) electrons. The highest BCUT2D eigenvalue weighted by Gasteiger charge is 2.13. The molecular weight excluding hydrogens is 310 g/mol. The molecule has 1 aromatic heterocycles. The average Bonchev–Trinajstić information content (AvgIpc) is 2.55. The fourth-order valence-corrected chi connectivity index (χ4v) is 2.42. The van der Waals surface area contributed by atoms with Gasteiger partial charge < -0.3 is 13.9 Å². The lowest BCUT2D eigenvalue weighted by Crippen LogP contribution is -2.05. The molecule has 0 N–H and O–H groups in total. The van der Waals surface area contributed by atoms with Crippen molar-refractivity contribution in [2.75, 3.05) is 7.11 Å². The van der Waals surface area contributed by atoms with Crippen LogP contribution in [0.3, 0.4) is 0 Å². The molecule has 0 spiro atoms. The van der Waals surface area contributed by atoms with Crippen molar-refractivity contribution in [2.45, 2.75) is 13.8 Å². The maximum absolute atomic E-state index is 12.3. The monoisotopic (exact) mass is 325 g/mol. The van der Waals surface area contributed by atoms with Crippen molar-refractivity contribution >= 4 is 16.9 Å². The molecule has 6 nitrogen and oxygen atoms in total. The number of aromatic nitrogens is 1. The highest BCUT2D eigenvalue weighted by Crippen LogP contribution is 2.26. The van der Waals surface area contributed by atoms with Gasteiger partial charge in [-0.25, -0.2) is 9.78 Å². The quantitative estimate of drug-likeness (QED) is 0.544. The lowest BCUT2D eigenvalue weighted by molar-refractivity contribution is -0.131. The van der Waals surface area contributed by atoms with Crippen molar-refractivity contribution < 1.29 is 18.7 Å². The van der Waals surface area contributed by atoms with Crippen molar-refractivity contribution in [3.63, 3.8) is 0 Å². The summed E-state index contributed by atoms with van der Waals surface area (Å²) < 4.78 is 15.5. The molecule has 0 saturated heterocycles. The summed E-state index contributed by atoms with van der Waals surface area (Å²) in [4.78, 5) is 27.8. The minimum absolute atomic E-state index is 0.162. The van der Waals surface area contributed by atoms with Crippen LogP contribution in [0.4, 0.5) is 0 Å². The number of aryl methyl sites for hydroxylation is 1. The molecule has 3 rings (SSSR count). The third-order valence-electron chi connectivity index (χ3n) is 3.47. The van der Waals surface area contributed by atoms with Gasteiger partial charge in [0.25, 0.3) is 0 Å². The second kappa shape index (κ2) is 6.16. The first-order valence-electron chi connectivity index (χ1n) is 7.26.